The van der Waals surface area contributed by atoms with Crippen LogP contribution in [0, 0.1) is 13.8 Å². The monoisotopic (exact) mass is 408 g/mol. The Morgan fingerprint density at radius 3 is 2.79 bits per heavy atom. The highest BCUT2D eigenvalue weighted by Crippen LogP contribution is 2.33. The van der Waals surface area contributed by atoms with E-state index in [2.05, 4.69) is 40.0 Å². The summed E-state index contributed by atoms with van der Waals surface area (Å²) < 4.78 is 3.17. The summed E-state index contributed by atoms with van der Waals surface area (Å²) in [7, 11) is 1.94. The first-order valence-electron chi connectivity index (χ1n) is 8.89. The number of benzene rings is 2. The zero-order valence-corrected chi connectivity index (χ0v) is 17.5. The van der Waals surface area contributed by atoms with Gasteiger partial charge in [-0.15, -0.1) is 21.5 Å². The number of hydrogen-bond donors (Lipinski definition) is 1. The van der Waals surface area contributed by atoms with Crippen LogP contribution in [0.1, 0.15) is 11.1 Å². The number of hydrogen-bond acceptors (Lipinski definition) is 5. The second-order valence-corrected chi connectivity index (χ2v) is 8.50. The van der Waals surface area contributed by atoms with Crippen molar-refractivity contribution in [3.8, 4) is 11.4 Å². The van der Waals surface area contributed by atoms with Crippen molar-refractivity contribution in [1.29, 1.82) is 0 Å². The number of carbonyl (C=O) groups is 1. The van der Waals surface area contributed by atoms with Gasteiger partial charge in [0.1, 0.15) is 0 Å². The summed E-state index contributed by atoms with van der Waals surface area (Å²) >= 11 is 3.08. The zero-order valence-electron chi connectivity index (χ0n) is 15.9. The molecule has 0 aliphatic carbocycles. The molecule has 0 radical (unpaired) electrons. The molecule has 0 aliphatic heterocycles. The van der Waals surface area contributed by atoms with Gasteiger partial charge in [-0.2, -0.15) is 0 Å². The molecule has 7 heteroatoms. The summed E-state index contributed by atoms with van der Waals surface area (Å²) in [5.41, 5.74) is 4.26. The van der Waals surface area contributed by atoms with Gasteiger partial charge in [-0.3, -0.25) is 4.79 Å². The van der Waals surface area contributed by atoms with Crippen LogP contribution in [0.2, 0.25) is 0 Å². The van der Waals surface area contributed by atoms with Crippen molar-refractivity contribution in [2.24, 2.45) is 7.05 Å². The molecule has 0 atom stereocenters. The van der Waals surface area contributed by atoms with Gasteiger partial charge in [0.15, 0.2) is 11.0 Å². The van der Waals surface area contributed by atoms with Gasteiger partial charge in [-0.1, -0.05) is 36.0 Å². The molecule has 0 saturated carbocycles. The molecule has 0 bridgehead atoms. The van der Waals surface area contributed by atoms with E-state index < -0.39 is 0 Å². The topological polar surface area (TPSA) is 59.8 Å². The van der Waals surface area contributed by atoms with Crippen LogP contribution in [0.25, 0.3) is 21.5 Å². The lowest BCUT2D eigenvalue weighted by atomic mass is 10.1. The summed E-state index contributed by atoms with van der Waals surface area (Å²) in [6, 6.07) is 14.2. The van der Waals surface area contributed by atoms with E-state index in [9.17, 15) is 4.79 Å². The molecule has 1 N–H and O–H groups in total. The second kappa shape index (κ2) is 7.77. The molecule has 4 rings (SSSR count). The lowest BCUT2D eigenvalue weighted by Gasteiger charge is -2.07. The van der Waals surface area contributed by atoms with E-state index in [4.69, 9.17) is 0 Å². The lowest BCUT2D eigenvalue weighted by Crippen LogP contribution is -2.14. The number of nitrogens with zero attached hydrogens (tertiary/aromatic N) is 3. The molecule has 0 fully saturated rings. The molecule has 2 aromatic carbocycles. The molecule has 0 spiro atoms. The number of carbonyl (C=O) groups excluding carboxylic acids is 1. The van der Waals surface area contributed by atoms with E-state index in [1.165, 1.54) is 27.4 Å². The summed E-state index contributed by atoms with van der Waals surface area (Å²) in [6.45, 7) is 4.09. The highest BCUT2D eigenvalue weighted by Gasteiger charge is 2.16. The molecule has 2 aromatic heterocycles. The van der Waals surface area contributed by atoms with Crippen molar-refractivity contribution >= 4 is 44.8 Å². The van der Waals surface area contributed by atoms with Crippen molar-refractivity contribution in [2.75, 3.05) is 11.1 Å². The van der Waals surface area contributed by atoms with Gasteiger partial charge in [0.2, 0.25) is 5.91 Å². The minimum atomic E-state index is -0.0567. The Hall–Kier alpha value is -2.64. The largest absolute Gasteiger partial charge is 0.325 e. The van der Waals surface area contributed by atoms with Gasteiger partial charge in [0, 0.05) is 33.8 Å². The van der Waals surface area contributed by atoms with E-state index in [-0.39, 0.29) is 11.7 Å². The molecular formula is C21H20N4OS2. The first-order chi connectivity index (χ1) is 13.5. The third-order valence-electron chi connectivity index (χ3n) is 4.68. The molecule has 142 valence electrons. The van der Waals surface area contributed by atoms with Gasteiger partial charge in [-0.25, -0.2) is 0 Å². The first-order valence-corrected chi connectivity index (χ1v) is 10.8. The van der Waals surface area contributed by atoms with Crippen LogP contribution >= 0.6 is 23.1 Å². The van der Waals surface area contributed by atoms with Crippen molar-refractivity contribution < 1.29 is 4.79 Å². The summed E-state index contributed by atoms with van der Waals surface area (Å²) in [5.74, 6) is 1.04. The predicted octanol–water partition coefficient (Wildman–Crippen LogP) is 5.04. The molecule has 2 heterocycles. The maximum Gasteiger partial charge on any atom is 0.234 e. The van der Waals surface area contributed by atoms with Crippen LogP contribution in [0.4, 0.5) is 5.69 Å². The number of thioether (sulfide) groups is 1. The number of aryl methyl sites for hydroxylation is 2. The molecule has 4 aromatic rings. The van der Waals surface area contributed by atoms with Gasteiger partial charge in [0.25, 0.3) is 0 Å². The van der Waals surface area contributed by atoms with E-state index in [1.54, 1.807) is 11.3 Å². The summed E-state index contributed by atoms with van der Waals surface area (Å²) in [5, 5.41) is 15.6. The van der Waals surface area contributed by atoms with E-state index in [0.717, 1.165) is 27.8 Å². The van der Waals surface area contributed by atoms with Crippen LogP contribution in [-0.2, 0) is 11.8 Å². The zero-order chi connectivity index (χ0) is 19.7. The Balaban J connectivity index is 1.46. The Morgan fingerprint density at radius 1 is 1.14 bits per heavy atom. The SMILES string of the molecule is Cc1ccc(NC(=O)CSc2nnc(-c3csc4ccccc34)n2C)cc1C. The van der Waals surface area contributed by atoms with Crippen molar-refractivity contribution in [3.05, 3.63) is 59.0 Å². The number of nitrogens with one attached hydrogen (secondary N) is 1. The van der Waals surface area contributed by atoms with Gasteiger partial charge in [0.05, 0.1) is 5.75 Å². The lowest BCUT2D eigenvalue weighted by molar-refractivity contribution is -0.113. The second-order valence-electron chi connectivity index (χ2n) is 6.65. The highest BCUT2D eigenvalue weighted by molar-refractivity contribution is 7.99. The number of rotatable bonds is 5. The minimum absolute atomic E-state index is 0.0567. The van der Waals surface area contributed by atoms with Crippen LogP contribution in [0.3, 0.4) is 0 Å². The molecule has 5 nitrogen and oxygen atoms in total. The van der Waals surface area contributed by atoms with Crippen molar-refractivity contribution in [3.63, 3.8) is 0 Å². The molecule has 0 unspecified atom stereocenters. The minimum Gasteiger partial charge on any atom is -0.325 e. The quantitative estimate of drug-likeness (QED) is 0.470. The van der Waals surface area contributed by atoms with Crippen molar-refractivity contribution in [2.45, 2.75) is 19.0 Å². The number of thiophene rings is 1. The third kappa shape index (κ3) is 3.68. The average molecular weight is 409 g/mol. The van der Waals surface area contributed by atoms with Crippen LogP contribution in [-0.4, -0.2) is 26.4 Å². The number of aromatic nitrogens is 3. The number of anilines is 1. The normalized spacial score (nSPS) is 11.1. The van der Waals surface area contributed by atoms with Crippen LogP contribution in [0.15, 0.2) is 53.0 Å². The van der Waals surface area contributed by atoms with E-state index in [0.29, 0.717) is 0 Å². The van der Waals surface area contributed by atoms with Gasteiger partial charge < -0.3 is 9.88 Å². The van der Waals surface area contributed by atoms with E-state index >= 15 is 0 Å². The Labute approximate surface area is 171 Å². The Morgan fingerprint density at radius 2 is 1.96 bits per heavy atom. The molecule has 1 amide bonds. The highest BCUT2D eigenvalue weighted by atomic mass is 32.2. The number of fused-ring (bicyclic) bond motifs is 1. The smallest absolute Gasteiger partial charge is 0.234 e. The maximum atomic E-state index is 12.3. The van der Waals surface area contributed by atoms with Crippen LogP contribution < -0.4 is 5.32 Å². The fraction of sp³-hybridized carbons (Fsp3) is 0.190. The maximum absolute atomic E-state index is 12.3. The van der Waals surface area contributed by atoms with Crippen molar-refractivity contribution in [1.82, 2.24) is 14.8 Å². The van der Waals surface area contributed by atoms with Crippen LogP contribution in [0.5, 0.6) is 0 Å². The summed E-state index contributed by atoms with van der Waals surface area (Å²) in [6.07, 6.45) is 0. The van der Waals surface area contributed by atoms with Gasteiger partial charge in [-0.05, 0) is 43.2 Å². The summed E-state index contributed by atoms with van der Waals surface area (Å²) in [4.78, 5) is 12.3. The first kappa shape index (κ1) is 18.7. The third-order valence-corrected chi connectivity index (χ3v) is 6.66. The predicted molar refractivity (Wildman–Crippen MR) is 117 cm³/mol. The van der Waals surface area contributed by atoms with E-state index in [1.807, 2.05) is 48.9 Å². The van der Waals surface area contributed by atoms with Gasteiger partial charge >= 0.3 is 0 Å². The fourth-order valence-corrected chi connectivity index (χ4v) is 4.62. The fourth-order valence-electron chi connectivity index (χ4n) is 2.97. The molecule has 0 saturated heterocycles. The standard InChI is InChI=1S/C21H20N4OS2/c1-13-8-9-15(10-14(13)2)22-19(26)12-28-21-24-23-20(25(21)3)17-11-27-18-7-5-4-6-16(17)18/h4-11H,12H2,1-3H3,(H,22,26). The molecule has 0 aliphatic rings. The Kier molecular flexibility index (Phi) is 5.19. The molecular weight excluding hydrogens is 388 g/mol. The Bertz CT molecular complexity index is 1160. The number of amides is 1. The molecule has 28 heavy (non-hydrogen) atoms. The average Bonchev–Trinajstić information content (AvgIpc) is 3.26.